The number of sulfonamides is 1. The van der Waals surface area contributed by atoms with Crippen molar-refractivity contribution in [2.24, 2.45) is 4.99 Å². The van der Waals surface area contributed by atoms with Gasteiger partial charge in [-0.2, -0.15) is 0 Å². The Bertz CT molecular complexity index is 860. The van der Waals surface area contributed by atoms with Crippen LogP contribution in [0.2, 0.25) is 0 Å². The highest BCUT2D eigenvalue weighted by Gasteiger charge is 2.09. The van der Waals surface area contributed by atoms with E-state index in [0.29, 0.717) is 19.0 Å². The average molecular weight is 546 g/mol. The molecule has 0 unspecified atom stereocenters. The van der Waals surface area contributed by atoms with Crippen LogP contribution < -0.4 is 20.1 Å². The summed E-state index contributed by atoms with van der Waals surface area (Å²) in [4.78, 5) is 4.37. The quantitative estimate of drug-likeness (QED) is 0.229. The predicted octanol–water partition coefficient (Wildman–Crippen LogP) is 2.53. The number of benzene rings is 2. The molecule has 0 aliphatic rings. The Balaban J connectivity index is 0.00000450. The third-order valence-corrected chi connectivity index (χ3v) is 5.48. The number of nitrogens with zero attached hydrogens (tertiary/aromatic N) is 1. The van der Waals surface area contributed by atoms with Gasteiger partial charge >= 0.3 is 0 Å². The lowest BCUT2D eigenvalue weighted by Crippen LogP contribution is -2.39. The summed E-state index contributed by atoms with van der Waals surface area (Å²) in [6.07, 6.45) is 0.825. The van der Waals surface area contributed by atoms with Gasteiger partial charge in [-0.25, -0.2) is 13.1 Å². The van der Waals surface area contributed by atoms with Crippen LogP contribution in [0.5, 0.6) is 5.75 Å². The number of halogens is 1. The summed E-state index contributed by atoms with van der Waals surface area (Å²) in [5, 5.41) is 6.37. The van der Waals surface area contributed by atoms with Crippen molar-refractivity contribution in [1.82, 2.24) is 15.4 Å². The second kappa shape index (κ2) is 14.2. The van der Waals surface area contributed by atoms with Crippen LogP contribution in [0.15, 0.2) is 59.6 Å². The SMILES string of the molecule is CCNC(=NCCS(=O)(=O)NCc1ccccc1)NCCc1ccc(OC)cc1.I. The summed E-state index contributed by atoms with van der Waals surface area (Å²) in [6.45, 7) is 3.83. The molecule has 0 fully saturated rings. The maximum absolute atomic E-state index is 12.2. The van der Waals surface area contributed by atoms with Gasteiger partial charge in [0.1, 0.15) is 5.75 Å². The minimum absolute atomic E-state index is 0. The van der Waals surface area contributed by atoms with Gasteiger partial charge in [-0.3, -0.25) is 4.99 Å². The number of methoxy groups -OCH3 is 1. The molecule has 7 nitrogen and oxygen atoms in total. The van der Waals surface area contributed by atoms with E-state index in [1.165, 1.54) is 5.56 Å². The molecular formula is C21H31IN4O3S. The molecule has 0 atom stereocenters. The second-order valence-electron chi connectivity index (χ2n) is 6.41. The summed E-state index contributed by atoms with van der Waals surface area (Å²) in [5.41, 5.74) is 2.11. The molecule has 0 aliphatic heterocycles. The van der Waals surface area contributed by atoms with E-state index < -0.39 is 10.0 Å². The number of guanidine groups is 1. The first-order valence-corrected chi connectivity index (χ1v) is 11.3. The fourth-order valence-corrected chi connectivity index (χ4v) is 3.46. The zero-order valence-corrected chi connectivity index (χ0v) is 20.6. The van der Waals surface area contributed by atoms with Crippen LogP contribution in [0.3, 0.4) is 0 Å². The Hall–Kier alpha value is -1.85. The van der Waals surface area contributed by atoms with E-state index in [-0.39, 0.29) is 42.8 Å². The molecule has 0 spiro atoms. The normalized spacial score (nSPS) is 11.5. The van der Waals surface area contributed by atoms with Crippen LogP contribution in [-0.4, -0.2) is 46.9 Å². The van der Waals surface area contributed by atoms with Crippen molar-refractivity contribution in [3.63, 3.8) is 0 Å². The van der Waals surface area contributed by atoms with Crippen molar-refractivity contribution < 1.29 is 13.2 Å². The van der Waals surface area contributed by atoms with Gasteiger partial charge in [0.2, 0.25) is 10.0 Å². The van der Waals surface area contributed by atoms with Crippen LogP contribution in [0.25, 0.3) is 0 Å². The Morgan fingerprint density at radius 3 is 2.33 bits per heavy atom. The monoisotopic (exact) mass is 546 g/mol. The molecule has 166 valence electrons. The lowest BCUT2D eigenvalue weighted by atomic mass is 10.1. The van der Waals surface area contributed by atoms with Crippen molar-refractivity contribution in [1.29, 1.82) is 0 Å². The second-order valence-corrected chi connectivity index (χ2v) is 8.34. The molecule has 30 heavy (non-hydrogen) atoms. The van der Waals surface area contributed by atoms with Crippen LogP contribution in [0, 0.1) is 0 Å². The molecule has 0 heterocycles. The molecule has 0 bridgehead atoms. The molecule has 2 rings (SSSR count). The first-order chi connectivity index (χ1) is 14.0. The van der Waals surface area contributed by atoms with Crippen LogP contribution in [0.1, 0.15) is 18.1 Å². The van der Waals surface area contributed by atoms with Crippen molar-refractivity contribution in [3.05, 3.63) is 65.7 Å². The van der Waals surface area contributed by atoms with Gasteiger partial charge in [-0.1, -0.05) is 42.5 Å². The molecule has 2 aromatic carbocycles. The zero-order chi connectivity index (χ0) is 21.0. The fraction of sp³-hybridized carbons (Fsp3) is 0.381. The summed E-state index contributed by atoms with van der Waals surface area (Å²) in [5.74, 6) is 1.38. The predicted molar refractivity (Wildman–Crippen MR) is 133 cm³/mol. The van der Waals surface area contributed by atoms with Gasteiger partial charge in [0.05, 0.1) is 19.4 Å². The van der Waals surface area contributed by atoms with Gasteiger partial charge in [0.25, 0.3) is 0 Å². The molecule has 0 saturated heterocycles. The van der Waals surface area contributed by atoms with Crippen molar-refractivity contribution in [2.45, 2.75) is 19.9 Å². The van der Waals surface area contributed by atoms with Crippen LogP contribution in [-0.2, 0) is 23.0 Å². The molecule has 2 aromatic rings. The van der Waals surface area contributed by atoms with E-state index in [0.717, 1.165) is 17.7 Å². The lowest BCUT2D eigenvalue weighted by molar-refractivity contribution is 0.414. The van der Waals surface area contributed by atoms with Gasteiger partial charge in [-0.05, 0) is 36.6 Å². The minimum Gasteiger partial charge on any atom is -0.497 e. The number of nitrogens with one attached hydrogen (secondary N) is 3. The van der Waals surface area contributed by atoms with E-state index in [1.54, 1.807) is 7.11 Å². The summed E-state index contributed by atoms with van der Waals surface area (Å²) in [6, 6.07) is 17.3. The topological polar surface area (TPSA) is 91.8 Å². The minimum atomic E-state index is -3.39. The lowest BCUT2D eigenvalue weighted by Gasteiger charge is -2.12. The Labute approximate surface area is 196 Å². The van der Waals surface area contributed by atoms with E-state index in [4.69, 9.17) is 4.74 Å². The fourth-order valence-electron chi connectivity index (χ4n) is 2.60. The van der Waals surface area contributed by atoms with Gasteiger partial charge < -0.3 is 15.4 Å². The largest absolute Gasteiger partial charge is 0.497 e. The Morgan fingerprint density at radius 1 is 1.00 bits per heavy atom. The van der Waals surface area contributed by atoms with E-state index in [9.17, 15) is 8.42 Å². The Kier molecular flexibility index (Phi) is 12.4. The molecule has 9 heteroatoms. The number of aliphatic imine (C=N–C) groups is 1. The number of ether oxygens (including phenoxy) is 1. The molecule has 3 N–H and O–H groups in total. The molecule has 0 aromatic heterocycles. The molecule has 0 saturated carbocycles. The van der Waals surface area contributed by atoms with Crippen molar-refractivity contribution >= 4 is 40.0 Å². The smallest absolute Gasteiger partial charge is 0.213 e. The maximum atomic E-state index is 12.2. The van der Waals surface area contributed by atoms with Gasteiger partial charge in [0, 0.05) is 19.6 Å². The number of hydrogen-bond acceptors (Lipinski definition) is 4. The standard InChI is InChI=1S/C21H30N4O3S.HI/c1-3-22-21(23-14-13-18-9-11-20(28-2)12-10-18)24-15-16-29(26,27)25-17-19-7-5-4-6-8-19;/h4-12,25H,3,13-17H2,1-2H3,(H2,22,23,24);1H. The van der Waals surface area contributed by atoms with Crippen LogP contribution >= 0.6 is 24.0 Å². The highest BCUT2D eigenvalue weighted by Crippen LogP contribution is 2.11. The van der Waals surface area contributed by atoms with Gasteiger partial charge in [-0.15, -0.1) is 24.0 Å². The first-order valence-electron chi connectivity index (χ1n) is 9.69. The van der Waals surface area contributed by atoms with Crippen LogP contribution in [0.4, 0.5) is 0 Å². The highest BCUT2D eigenvalue weighted by atomic mass is 127. The maximum Gasteiger partial charge on any atom is 0.213 e. The molecule has 0 radical (unpaired) electrons. The molecular weight excluding hydrogens is 515 g/mol. The third kappa shape index (κ3) is 10.3. The summed E-state index contributed by atoms with van der Waals surface area (Å²) < 4.78 is 32.1. The van der Waals surface area contributed by atoms with E-state index in [1.807, 2.05) is 61.5 Å². The summed E-state index contributed by atoms with van der Waals surface area (Å²) in [7, 11) is -1.74. The average Bonchev–Trinajstić information content (AvgIpc) is 2.73. The van der Waals surface area contributed by atoms with Crippen molar-refractivity contribution in [2.75, 3.05) is 32.5 Å². The summed E-state index contributed by atoms with van der Waals surface area (Å²) >= 11 is 0. The van der Waals surface area contributed by atoms with Gasteiger partial charge in [0.15, 0.2) is 5.96 Å². The number of rotatable bonds is 11. The zero-order valence-electron chi connectivity index (χ0n) is 17.4. The molecule has 0 aliphatic carbocycles. The van der Waals surface area contributed by atoms with E-state index in [2.05, 4.69) is 20.3 Å². The molecule has 0 amide bonds. The first kappa shape index (κ1) is 26.2. The third-order valence-electron chi connectivity index (χ3n) is 4.18. The number of hydrogen-bond donors (Lipinski definition) is 3. The Morgan fingerprint density at radius 2 is 1.70 bits per heavy atom. The van der Waals surface area contributed by atoms with E-state index >= 15 is 0 Å². The highest BCUT2D eigenvalue weighted by molar-refractivity contribution is 14.0. The van der Waals surface area contributed by atoms with Crippen molar-refractivity contribution in [3.8, 4) is 5.75 Å².